The molecule has 11 heteroatoms. The maximum atomic E-state index is 16.0. The fourth-order valence-electron chi connectivity index (χ4n) is 4.92. The van der Waals surface area contributed by atoms with E-state index in [2.05, 4.69) is 10.1 Å². The van der Waals surface area contributed by atoms with Gasteiger partial charge < -0.3 is 0 Å². The standard InChI is InChI=1S/C27H25ClF2N4O3S/c1-13-12-31-25(16-7-6-8-21(23(16)29)38(5,36)37)24(30)26(13)34-15(3)9-19(22(28)27(34)35)17-11-18(17)20-10-14(2)33(4)32-20/h6-10,12,17-18H,11H2,1-5H3/t17-,18-/m0/s1. The van der Waals surface area contributed by atoms with Gasteiger partial charge in [0, 0.05) is 42.4 Å². The van der Waals surface area contributed by atoms with Gasteiger partial charge >= 0.3 is 0 Å². The SMILES string of the molecule is Cc1cnc(-c2cccc(S(C)(=O)=O)c2F)c(F)c1-n1c(C)cc([C@H]2C[C@@H]2c2cc(C)n(C)n2)c(Cl)c1=O. The molecule has 0 saturated heterocycles. The summed E-state index contributed by atoms with van der Waals surface area (Å²) in [6, 6.07) is 7.45. The number of benzene rings is 1. The van der Waals surface area contributed by atoms with E-state index in [0.717, 1.165) is 34.7 Å². The molecule has 4 aromatic rings. The number of sulfone groups is 1. The lowest BCUT2D eigenvalue weighted by molar-refractivity contribution is 0.569. The molecule has 3 aromatic heterocycles. The zero-order chi connectivity index (χ0) is 27.7. The lowest BCUT2D eigenvalue weighted by Crippen LogP contribution is -2.24. The molecular weight excluding hydrogens is 534 g/mol. The molecule has 1 fully saturated rings. The van der Waals surface area contributed by atoms with Gasteiger partial charge in [-0.2, -0.15) is 5.10 Å². The third kappa shape index (κ3) is 4.25. The van der Waals surface area contributed by atoms with Crippen LogP contribution < -0.4 is 5.56 Å². The molecule has 0 amide bonds. The van der Waals surface area contributed by atoms with E-state index >= 15 is 8.78 Å². The van der Waals surface area contributed by atoms with Crippen LogP contribution in [0.1, 0.15) is 46.5 Å². The number of pyridine rings is 2. The highest BCUT2D eigenvalue weighted by Crippen LogP contribution is 2.55. The summed E-state index contributed by atoms with van der Waals surface area (Å²) in [5.41, 5.74) is 1.96. The smallest absolute Gasteiger partial charge is 0.274 e. The summed E-state index contributed by atoms with van der Waals surface area (Å²) < 4.78 is 58.1. The summed E-state index contributed by atoms with van der Waals surface area (Å²) in [6.07, 6.45) is 2.97. The van der Waals surface area contributed by atoms with Crippen LogP contribution in [0.3, 0.4) is 0 Å². The van der Waals surface area contributed by atoms with E-state index < -0.39 is 37.6 Å². The van der Waals surface area contributed by atoms with Gasteiger partial charge in [0.2, 0.25) is 0 Å². The van der Waals surface area contributed by atoms with Crippen LogP contribution in [0.15, 0.2) is 46.2 Å². The van der Waals surface area contributed by atoms with Crippen molar-refractivity contribution >= 4 is 21.4 Å². The largest absolute Gasteiger partial charge is 0.277 e. The molecule has 1 aliphatic rings. The first kappa shape index (κ1) is 26.2. The molecule has 0 N–H and O–H groups in total. The molecule has 1 aromatic carbocycles. The first-order valence-electron chi connectivity index (χ1n) is 11.9. The molecule has 0 unspecified atom stereocenters. The first-order valence-corrected chi connectivity index (χ1v) is 14.1. The maximum absolute atomic E-state index is 16.0. The predicted octanol–water partition coefficient (Wildman–Crippen LogP) is 5.16. The molecule has 0 spiro atoms. The van der Waals surface area contributed by atoms with Gasteiger partial charge in [-0.1, -0.05) is 17.7 Å². The Morgan fingerprint density at radius 2 is 1.76 bits per heavy atom. The number of halogens is 3. The molecule has 198 valence electrons. The first-order chi connectivity index (χ1) is 17.8. The number of nitrogens with zero attached hydrogens (tertiary/aromatic N) is 4. The molecule has 3 heterocycles. The van der Waals surface area contributed by atoms with Crippen molar-refractivity contribution in [2.24, 2.45) is 7.05 Å². The Bertz CT molecular complexity index is 1780. The molecular formula is C27H25ClF2N4O3S. The van der Waals surface area contributed by atoms with Crippen molar-refractivity contribution in [2.45, 2.75) is 43.9 Å². The molecule has 1 aliphatic carbocycles. The number of aromatic nitrogens is 4. The van der Waals surface area contributed by atoms with Gasteiger partial charge in [0.05, 0.1) is 11.4 Å². The Hall–Kier alpha value is -3.37. The normalized spacial score (nSPS) is 17.2. The minimum atomic E-state index is -3.90. The van der Waals surface area contributed by atoms with E-state index in [1.54, 1.807) is 24.6 Å². The van der Waals surface area contributed by atoms with Crippen LogP contribution in [0.25, 0.3) is 16.9 Å². The average Bonchev–Trinajstić information content (AvgIpc) is 3.56. The van der Waals surface area contributed by atoms with Crippen molar-refractivity contribution < 1.29 is 17.2 Å². The van der Waals surface area contributed by atoms with Gasteiger partial charge in [0.15, 0.2) is 21.5 Å². The number of hydrogen-bond acceptors (Lipinski definition) is 5. The van der Waals surface area contributed by atoms with Gasteiger partial charge in [-0.3, -0.25) is 19.0 Å². The highest BCUT2D eigenvalue weighted by atomic mass is 35.5. The van der Waals surface area contributed by atoms with Crippen LogP contribution in [0.2, 0.25) is 5.02 Å². The summed E-state index contributed by atoms with van der Waals surface area (Å²) in [4.78, 5) is 17.0. The number of aryl methyl sites for hydroxylation is 4. The Morgan fingerprint density at radius 3 is 2.39 bits per heavy atom. The highest BCUT2D eigenvalue weighted by Gasteiger charge is 2.43. The molecule has 2 atom stereocenters. The fraction of sp³-hybridized carbons (Fsp3) is 0.296. The average molecular weight is 559 g/mol. The van der Waals surface area contributed by atoms with Crippen LogP contribution in [0, 0.1) is 32.4 Å². The zero-order valence-corrected chi connectivity index (χ0v) is 23.0. The molecule has 38 heavy (non-hydrogen) atoms. The molecule has 0 radical (unpaired) electrons. The zero-order valence-electron chi connectivity index (χ0n) is 21.4. The number of rotatable bonds is 5. The third-order valence-corrected chi connectivity index (χ3v) is 8.58. The van der Waals surface area contributed by atoms with Crippen LogP contribution in [-0.2, 0) is 16.9 Å². The Kier molecular flexibility index (Phi) is 6.30. The van der Waals surface area contributed by atoms with E-state index in [-0.39, 0.29) is 28.1 Å². The van der Waals surface area contributed by atoms with Crippen molar-refractivity contribution in [2.75, 3.05) is 6.26 Å². The predicted molar refractivity (Wildman–Crippen MR) is 141 cm³/mol. The summed E-state index contributed by atoms with van der Waals surface area (Å²) in [7, 11) is -2.03. The topological polar surface area (TPSA) is 86.8 Å². The van der Waals surface area contributed by atoms with Crippen LogP contribution >= 0.6 is 11.6 Å². The third-order valence-electron chi connectivity index (χ3n) is 7.08. The van der Waals surface area contributed by atoms with Crippen LogP contribution in [-0.4, -0.2) is 34.0 Å². The van der Waals surface area contributed by atoms with E-state index in [9.17, 15) is 13.2 Å². The second-order valence-corrected chi connectivity index (χ2v) is 12.2. The Balaban J connectivity index is 1.62. The van der Waals surface area contributed by atoms with Gasteiger partial charge in [-0.15, -0.1) is 0 Å². The summed E-state index contributed by atoms with van der Waals surface area (Å²) >= 11 is 6.58. The highest BCUT2D eigenvalue weighted by molar-refractivity contribution is 7.90. The Labute approximate surface area is 223 Å². The van der Waals surface area contributed by atoms with Gasteiger partial charge in [-0.25, -0.2) is 17.2 Å². The van der Waals surface area contributed by atoms with Crippen molar-refractivity contribution in [3.63, 3.8) is 0 Å². The lowest BCUT2D eigenvalue weighted by atomic mass is 10.1. The van der Waals surface area contributed by atoms with Gasteiger partial charge in [0.25, 0.3) is 5.56 Å². The summed E-state index contributed by atoms with van der Waals surface area (Å²) in [6.45, 7) is 5.22. The van der Waals surface area contributed by atoms with Crippen molar-refractivity contribution in [3.8, 4) is 16.9 Å². The second-order valence-electron chi connectivity index (χ2n) is 9.82. The van der Waals surface area contributed by atoms with E-state index in [1.165, 1.54) is 18.3 Å². The monoisotopic (exact) mass is 558 g/mol. The molecule has 7 nitrogen and oxygen atoms in total. The minimum absolute atomic E-state index is 0.0156. The van der Waals surface area contributed by atoms with E-state index in [0.29, 0.717) is 16.8 Å². The van der Waals surface area contributed by atoms with Crippen LogP contribution in [0.4, 0.5) is 8.78 Å². The van der Waals surface area contributed by atoms with Crippen molar-refractivity contribution in [1.29, 1.82) is 0 Å². The summed E-state index contributed by atoms with van der Waals surface area (Å²) in [5.74, 6) is -1.92. The van der Waals surface area contributed by atoms with Crippen molar-refractivity contribution in [1.82, 2.24) is 19.3 Å². The molecule has 0 aliphatic heterocycles. The van der Waals surface area contributed by atoms with E-state index in [4.69, 9.17) is 11.6 Å². The Morgan fingerprint density at radius 1 is 1.05 bits per heavy atom. The van der Waals surface area contributed by atoms with E-state index in [1.807, 2.05) is 20.0 Å². The van der Waals surface area contributed by atoms with Gasteiger partial charge in [0.1, 0.15) is 15.6 Å². The molecule has 5 rings (SSSR count). The summed E-state index contributed by atoms with van der Waals surface area (Å²) in [5, 5.41) is 4.53. The molecule has 0 bridgehead atoms. The lowest BCUT2D eigenvalue weighted by Gasteiger charge is -2.18. The quantitative estimate of drug-likeness (QED) is 0.337. The molecule has 1 saturated carbocycles. The fourth-order valence-corrected chi connectivity index (χ4v) is 5.96. The maximum Gasteiger partial charge on any atom is 0.274 e. The van der Waals surface area contributed by atoms with Gasteiger partial charge in [-0.05, 0) is 68.5 Å². The van der Waals surface area contributed by atoms with Crippen molar-refractivity contribution in [3.05, 3.63) is 91.7 Å². The van der Waals surface area contributed by atoms with Crippen LogP contribution in [0.5, 0.6) is 0 Å². The minimum Gasteiger partial charge on any atom is -0.277 e. The second kappa shape index (κ2) is 9.13. The number of hydrogen-bond donors (Lipinski definition) is 0.